The number of rotatable bonds is 5. The molecule has 1 aliphatic carbocycles. The lowest BCUT2D eigenvalue weighted by molar-refractivity contribution is 0.300. The number of fused-ring (bicyclic) bond motifs is 1. The van der Waals surface area contributed by atoms with Crippen molar-refractivity contribution in [1.82, 2.24) is 10.2 Å². The van der Waals surface area contributed by atoms with Crippen LogP contribution in [0.3, 0.4) is 0 Å². The highest BCUT2D eigenvalue weighted by molar-refractivity contribution is 5.82. The summed E-state index contributed by atoms with van der Waals surface area (Å²) in [5.74, 6) is 1.17. The van der Waals surface area contributed by atoms with E-state index in [9.17, 15) is 0 Å². The van der Waals surface area contributed by atoms with Gasteiger partial charge in [0.15, 0.2) is 0 Å². The van der Waals surface area contributed by atoms with Crippen LogP contribution < -0.4 is 5.32 Å². The van der Waals surface area contributed by atoms with E-state index < -0.39 is 0 Å². The second kappa shape index (κ2) is 5.23. The van der Waals surface area contributed by atoms with Crippen LogP contribution in [0.4, 0.5) is 0 Å². The van der Waals surface area contributed by atoms with Gasteiger partial charge < -0.3 is 9.73 Å². The van der Waals surface area contributed by atoms with Gasteiger partial charge in [-0.25, -0.2) is 0 Å². The van der Waals surface area contributed by atoms with E-state index in [-0.39, 0.29) is 0 Å². The summed E-state index contributed by atoms with van der Waals surface area (Å²) in [6.45, 7) is 4.35. The Morgan fingerprint density at radius 2 is 1.95 bits per heavy atom. The van der Waals surface area contributed by atoms with Crippen molar-refractivity contribution >= 4 is 11.0 Å². The fraction of sp³-hybridized carbons (Fsp3) is 0.529. The Morgan fingerprint density at radius 1 is 1.15 bits per heavy atom. The molecule has 3 nitrogen and oxygen atoms in total. The first kappa shape index (κ1) is 12.4. The molecule has 0 spiro atoms. The minimum Gasteiger partial charge on any atom is -0.459 e. The third-order valence-corrected chi connectivity index (χ3v) is 4.49. The lowest BCUT2D eigenvalue weighted by atomic mass is 10.1. The molecule has 1 aliphatic heterocycles. The van der Waals surface area contributed by atoms with Crippen LogP contribution in [0.1, 0.15) is 37.0 Å². The van der Waals surface area contributed by atoms with Crippen LogP contribution >= 0.6 is 0 Å². The monoisotopic (exact) mass is 270 g/mol. The average Bonchev–Trinajstić information content (AvgIpc) is 3.03. The molecule has 1 N–H and O–H groups in total. The van der Waals surface area contributed by atoms with E-state index in [1.54, 1.807) is 0 Å². The predicted molar refractivity (Wildman–Crippen MR) is 80.6 cm³/mol. The zero-order valence-electron chi connectivity index (χ0n) is 11.9. The molecule has 20 heavy (non-hydrogen) atoms. The van der Waals surface area contributed by atoms with Gasteiger partial charge in [0, 0.05) is 23.5 Å². The van der Waals surface area contributed by atoms with Gasteiger partial charge in [0.25, 0.3) is 0 Å². The Bertz CT molecular complexity index is 594. The summed E-state index contributed by atoms with van der Waals surface area (Å²) in [7, 11) is 0. The number of hydrogen-bond donors (Lipinski definition) is 1. The molecule has 4 rings (SSSR count). The summed E-state index contributed by atoms with van der Waals surface area (Å²) < 4.78 is 6.13. The van der Waals surface area contributed by atoms with Gasteiger partial charge in [-0.3, -0.25) is 4.90 Å². The maximum absolute atomic E-state index is 6.13. The van der Waals surface area contributed by atoms with E-state index in [0.717, 1.165) is 24.7 Å². The van der Waals surface area contributed by atoms with E-state index in [0.29, 0.717) is 0 Å². The molecule has 0 amide bonds. The summed E-state index contributed by atoms with van der Waals surface area (Å²) in [6.07, 6.45) is 5.32. The second-order valence-electron chi connectivity index (χ2n) is 6.14. The lowest BCUT2D eigenvalue weighted by Crippen LogP contribution is -2.21. The van der Waals surface area contributed by atoms with Crippen LogP contribution in [0, 0.1) is 0 Å². The topological polar surface area (TPSA) is 28.4 Å². The molecule has 0 bridgehead atoms. The number of furan rings is 1. The Kier molecular flexibility index (Phi) is 3.25. The molecule has 2 fully saturated rings. The summed E-state index contributed by atoms with van der Waals surface area (Å²) in [5, 5.41) is 4.92. The molecule has 2 aliphatic rings. The van der Waals surface area contributed by atoms with Crippen molar-refractivity contribution in [2.24, 2.45) is 0 Å². The molecule has 0 unspecified atom stereocenters. The van der Waals surface area contributed by atoms with Crippen molar-refractivity contribution in [2.45, 2.75) is 44.8 Å². The van der Waals surface area contributed by atoms with E-state index >= 15 is 0 Å². The third-order valence-electron chi connectivity index (χ3n) is 4.49. The first-order valence-electron chi connectivity index (χ1n) is 7.85. The molecule has 1 saturated carbocycles. The van der Waals surface area contributed by atoms with E-state index in [4.69, 9.17) is 4.42 Å². The fourth-order valence-electron chi connectivity index (χ4n) is 3.15. The number of benzene rings is 1. The molecular formula is C17H22N2O. The van der Waals surface area contributed by atoms with Crippen molar-refractivity contribution in [3.8, 4) is 0 Å². The number of para-hydroxylation sites is 1. The molecular weight excluding hydrogens is 248 g/mol. The quantitative estimate of drug-likeness (QED) is 0.904. The van der Waals surface area contributed by atoms with Crippen LogP contribution in [-0.4, -0.2) is 24.0 Å². The molecule has 0 atom stereocenters. The largest absolute Gasteiger partial charge is 0.459 e. The molecule has 2 heterocycles. The van der Waals surface area contributed by atoms with Crippen molar-refractivity contribution < 1.29 is 4.42 Å². The Balaban J connectivity index is 1.63. The average molecular weight is 270 g/mol. The zero-order chi connectivity index (χ0) is 13.4. The van der Waals surface area contributed by atoms with Gasteiger partial charge >= 0.3 is 0 Å². The first-order chi connectivity index (χ1) is 9.90. The molecule has 1 aromatic carbocycles. The predicted octanol–water partition coefficient (Wildman–Crippen LogP) is 3.28. The van der Waals surface area contributed by atoms with Crippen LogP contribution in [0.5, 0.6) is 0 Å². The van der Waals surface area contributed by atoms with Crippen molar-refractivity contribution in [3.63, 3.8) is 0 Å². The van der Waals surface area contributed by atoms with E-state index in [2.05, 4.69) is 34.5 Å². The molecule has 0 radical (unpaired) electrons. The number of nitrogens with one attached hydrogen (secondary N) is 1. The Hall–Kier alpha value is -1.32. The summed E-state index contributed by atoms with van der Waals surface area (Å²) >= 11 is 0. The molecule has 2 aromatic rings. The summed E-state index contributed by atoms with van der Waals surface area (Å²) in [4.78, 5) is 2.51. The number of nitrogens with zero attached hydrogens (tertiary/aromatic N) is 1. The van der Waals surface area contributed by atoms with Crippen molar-refractivity contribution in [2.75, 3.05) is 13.1 Å². The van der Waals surface area contributed by atoms with Gasteiger partial charge in [0.1, 0.15) is 11.3 Å². The minimum atomic E-state index is 0.739. The standard InChI is InChI=1S/C17H22N2O/c1-2-6-16-14(5-1)15(11-18-13-7-8-13)17(20-16)12-19-9-3-4-10-19/h1-2,5-6,13,18H,3-4,7-12H2. The van der Waals surface area contributed by atoms with E-state index in [1.807, 2.05) is 0 Å². The van der Waals surface area contributed by atoms with Crippen LogP contribution in [-0.2, 0) is 13.1 Å². The Morgan fingerprint density at radius 3 is 2.75 bits per heavy atom. The normalized spacial score (nSPS) is 20.0. The minimum absolute atomic E-state index is 0.739. The maximum atomic E-state index is 6.13. The van der Waals surface area contributed by atoms with Crippen LogP contribution in [0.15, 0.2) is 28.7 Å². The highest BCUT2D eigenvalue weighted by Gasteiger charge is 2.23. The molecule has 3 heteroatoms. The third kappa shape index (κ3) is 2.48. The molecule has 1 saturated heterocycles. The molecule has 1 aromatic heterocycles. The SMILES string of the molecule is c1ccc2c(CNC3CC3)c(CN3CCCC3)oc2c1. The van der Waals surface area contributed by atoms with Gasteiger partial charge in [0.05, 0.1) is 6.54 Å². The van der Waals surface area contributed by atoms with Gasteiger partial charge in [-0.15, -0.1) is 0 Å². The highest BCUT2D eigenvalue weighted by Crippen LogP contribution is 2.29. The smallest absolute Gasteiger partial charge is 0.134 e. The number of likely N-dealkylation sites (tertiary alicyclic amines) is 1. The second-order valence-corrected chi connectivity index (χ2v) is 6.14. The zero-order valence-corrected chi connectivity index (χ0v) is 11.9. The van der Waals surface area contributed by atoms with Gasteiger partial charge in [-0.2, -0.15) is 0 Å². The fourth-order valence-corrected chi connectivity index (χ4v) is 3.15. The summed E-state index contributed by atoms with van der Waals surface area (Å²) in [5.41, 5.74) is 2.41. The van der Waals surface area contributed by atoms with Crippen molar-refractivity contribution in [1.29, 1.82) is 0 Å². The van der Waals surface area contributed by atoms with Crippen molar-refractivity contribution in [3.05, 3.63) is 35.6 Å². The van der Waals surface area contributed by atoms with Gasteiger partial charge in [0.2, 0.25) is 0 Å². The Labute approximate surface area is 119 Å². The molecule has 106 valence electrons. The van der Waals surface area contributed by atoms with Crippen LogP contribution in [0.25, 0.3) is 11.0 Å². The summed E-state index contributed by atoms with van der Waals surface area (Å²) in [6, 6.07) is 9.18. The maximum Gasteiger partial charge on any atom is 0.134 e. The number of hydrogen-bond acceptors (Lipinski definition) is 3. The highest BCUT2D eigenvalue weighted by atomic mass is 16.3. The first-order valence-corrected chi connectivity index (χ1v) is 7.85. The van der Waals surface area contributed by atoms with E-state index in [1.165, 1.54) is 55.5 Å². The van der Waals surface area contributed by atoms with Gasteiger partial charge in [-0.05, 0) is 44.8 Å². The lowest BCUT2D eigenvalue weighted by Gasteiger charge is -2.14. The van der Waals surface area contributed by atoms with Crippen LogP contribution in [0.2, 0.25) is 0 Å². The van der Waals surface area contributed by atoms with Gasteiger partial charge in [-0.1, -0.05) is 18.2 Å².